The van der Waals surface area contributed by atoms with E-state index in [1.165, 1.54) is 16.7 Å². The van der Waals surface area contributed by atoms with Crippen molar-refractivity contribution in [1.29, 1.82) is 0 Å². The van der Waals surface area contributed by atoms with Crippen molar-refractivity contribution in [3.63, 3.8) is 0 Å². The minimum Gasteiger partial charge on any atom is -0.478 e. The van der Waals surface area contributed by atoms with Gasteiger partial charge in [0.1, 0.15) is 0 Å². The lowest BCUT2D eigenvalue weighted by atomic mass is 10.3. The Kier molecular flexibility index (Phi) is 5.90. The third-order valence-electron chi connectivity index (χ3n) is 3.90. The zero-order chi connectivity index (χ0) is 20.1. The summed E-state index contributed by atoms with van der Waals surface area (Å²) in [6.45, 7) is 0. The first-order valence-electron chi connectivity index (χ1n) is 8.34. The van der Waals surface area contributed by atoms with Gasteiger partial charge >= 0.3 is 5.97 Å². The van der Waals surface area contributed by atoms with Crippen LogP contribution in [0.5, 0.6) is 0 Å². The Balaban J connectivity index is 1.63. The maximum Gasteiger partial charge on any atom is 0.328 e. The van der Waals surface area contributed by atoms with E-state index in [9.17, 15) is 19.2 Å². The van der Waals surface area contributed by atoms with Crippen molar-refractivity contribution < 1.29 is 24.3 Å². The summed E-state index contributed by atoms with van der Waals surface area (Å²) in [4.78, 5) is 48.9. The zero-order valence-electron chi connectivity index (χ0n) is 14.6. The predicted octanol–water partition coefficient (Wildman–Crippen LogP) is 2.69. The summed E-state index contributed by atoms with van der Waals surface area (Å²) in [6, 6.07) is 15.5. The van der Waals surface area contributed by atoms with Crippen molar-refractivity contribution in [2.24, 2.45) is 0 Å². The second-order valence-electron chi connectivity index (χ2n) is 5.90. The summed E-state index contributed by atoms with van der Waals surface area (Å²) in [5.74, 6) is -2.25. The fraction of sp³-hybridized carbons (Fsp3) is 0.100. The molecule has 2 N–H and O–H groups in total. The van der Waals surface area contributed by atoms with Crippen LogP contribution < -0.4 is 10.2 Å². The van der Waals surface area contributed by atoms with Gasteiger partial charge in [0.25, 0.3) is 0 Å². The number of thioether (sulfide) groups is 1. The molecule has 2 aromatic rings. The maximum atomic E-state index is 12.6. The molecule has 7 nitrogen and oxygen atoms in total. The summed E-state index contributed by atoms with van der Waals surface area (Å²) in [5, 5.41) is 10.5. The van der Waals surface area contributed by atoms with Crippen molar-refractivity contribution in [1.82, 2.24) is 0 Å². The minimum atomic E-state index is -1.21. The van der Waals surface area contributed by atoms with E-state index in [1.54, 1.807) is 48.5 Å². The van der Waals surface area contributed by atoms with E-state index < -0.39 is 17.1 Å². The average Bonchev–Trinajstić information content (AvgIpc) is 2.95. The lowest BCUT2D eigenvalue weighted by Gasteiger charge is -2.14. The highest BCUT2D eigenvalue weighted by Crippen LogP contribution is 2.34. The summed E-state index contributed by atoms with van der Waals surface area (Å²) in [6.07, 6.45) is 1.80. The van der Waals surface area contributed by atoms with E-state index in [2.05, 4.69) is 5.32 Å². The molecule has 2 aromatic carbocycles. The topological polar surface area (TPSA) is 104 Å². The summed E-state index contributed by atoms with van der Waals surface area (Å²) in [5.41, 5.74) is 1.05. The number of para-hydroxylation sites is 1. The highest BCUT2D eigenvalue weighted by atomic mass is 32.2. The lowest BCUT2D eigenvalue weighted by Crippen LogP contribution is -2.30. The number of carbonyl (C=O) groups excluding carboxylic acids is 3. The summed E-state index contributed by atoms with van der Waals surface area (Å²) < 4.78 is 0. The Morgan fingerprint density at radius 3 is 2.36 bits per heavy atom. The Bertz CT molecular complexity index is 941. The molecule has 0 spiro atoms. The SMILES string of the molecule is O=C(O)/C=C/C(=O)Nc1ccc(SC2CC(=O)N(c3ccccc3)C2=O)cc1. The highest BCUT2D eigenvalue weighted by Gasteiger charge is 2.39. The third-order valence-corrected chi connectivity index (χ3v) is 5.09. The van der Waals surface area contributed by atoms with Gasteiger partial charge in [0.15, 0.2) is 0 Å². The van der Waals surface area contributed by atoms with Crippen molar-refractivity contribution >= 4 is 46.8 Å². The molecule has 1 aliphatic rings. The van der Waals surface area contributed by atoms with Crippen LogP contribution in [0.25, 0.3) is 0 Å². The number of rotatable bonds is 6. The number of hydrogen-bond acceptors (Lipinski definition) is 5. The monoisotopic (exact) mass is 396 g/mol. The third kappa shape index (κ3) is 4.66. The molecule has 1 unspecified atom stereocenters. The van der Waals surface area contributed by atoms with Crippen LogP contribution in [0.1, 0.15) is 6.42 Å². The van der Waals surface area contributed by atoms with Crippen LogP contribution in [-0.4, -0.2) is 34.0 Å². The largest absolute Gasteiger partial charge is 0.478 e. The van der Waals surface area contributed by atoms with E-state index in [4.69, 9.17) is 5.11 Å². The standard InChI is InChI=1S/C20H16N2O5S/c23-17(10-11-19(25)26)21-13-6-8-15(9-7-13)28-16-12-18(24)22(20(16)27)14-4-2-1-3-5-14/h1-11,16H,12H2,(H,21,23)(H,25,26)/b11-10+. The molecular formula is C20H16N2O5S. The fourth-order valence-electron chi connectivity index (χ4n) is 2.66. The molecule has 3 rings (SSSR count). The number of anilines is 2. The highest BCUT2D eigenvalue weighted by molar-refractivity contribution is 8.00. The Morgan fingerprint density at radius 1 is 1.04 bits per heavy atom. The second-order valence-corrected chi connectivity index (χ2v) is 7.17. The van der Waals surface area contributed by atoms with Gasteiger partial charge in [-0.25, -0.2) is 9.69 Å². The average molecular weight is 396 g/mol. The van der Waals surface area contributed by atoms with Crippen LogP contribution >= 0.6 is 11.8 Å². The number of nitrogens with zero attached hydrogens (tertiary/aromatic N) is 1. The van der Waals surface area contributed by atoms with Crippen molar-refractivity contribution in [2.75, 3.05) is 10.2 Å². The van der Waals surface area contributed by atoms with Crippen LogP contribution in [0.15, 0.2) is 71.6 Å². The minimum absolute atomic E-state index is 0.122. The van der Waals surface area contributed by atoms with Crippen LogP contribution in [0, 0.1) is 0 Å². The molecule has 0 bridgehead atoms. The number of benzene rings is 2. The van der Waals surface area contributed by atoms with Gasteiger partial charge in [0, 0.05) is 29.2 Å². The van der Waals surface area contributed by atoms with E-state index in [1.807, 2.05) is 6.07 Å². The molecule has 0 aromatic heterocycles. The molecule has 8 heteroatoms. The summed E-state index contributed by atoms with van der Waals surface area (Å²) >= 11 is 1.29. The normalized spacial score (nSPS) is 16.6. The molecule has 142 valence electrons. The lowest BCUT2D eigenvalue weighted by molar-refractivity contribution is -0.131. The van der Waals surface area contributed by atoms with E-state index in [-0.39, 0.29) is 18.2 Å². The zero-order valence-corrected chi connectivity index (χ0v) is 15.4. The first-order valence-corrected chi connectivity index (χ1v) is 9.22. The van der Waals surface area contributed by atoms with E-state index in [0.717, 1.165) is 17.0 Å². The van der Waals surface area contributed by atoms with Crippen molar-refractivity contribution in [2.45, 2.75) is 16.6 Å². The Hall–Kier alpha value is -3.39. The molecular weight excluding hydrogens is 380 g/mol. The predicted molar refractivity (Wildman–Crippen MR) is 105 cm³/mol. The van der Waals surface area contributed by atoms with Gasteiger partial charge in [-0.05, 0) is 36.4 Å². The number of amides is 3. The van der Waals surface area contributed by atoms with Crippen molar-refractivity contribution in [3.05, 3.63) is 66.7 Å². The smallest absolute Gasteiger partial charge is 0.328 e. The van der Waals surface area contributed by atoms with E-state index in [0.29, 0.717) is 11.4 Å². The molecule has 3 amide bonds. The molecule has 1 fully saturated rings. The summed E-state index contributed by atoms with van der Waals surface area (Å²) in [7, 11) is 0. The van der Waals surface area contributed by atoms with E-state index >= 15 is 0 Å². The van der Waals surface area contributed by atoms with Gasteiger partial charge < -0.3 is 10.4 Å². The van der Waals surface area contributed by atoms with Gasteiger partial charge in [-0.3, -0.25) is 14.4 Å². The maximum absolute atomic E-state index is 12.6. The number of carboxylic acid groups (broad SMARTS) is 1. The number of aliphatic carboxylic acids is 1. The number of carbonyl (C=O) groups is 4. The first kappa shape index (κ1) is 19.4. The van der Waals surface area contributed by atoms with Gasteiger partial charge in [0.05, 0.1) is 10.9 Å². The fourth-order valence-corrected chi connectivity index (χ4v) is 3.71. The van der Waals surface area contributed by atoms with Crippen LogP contribution in [0.4, 0.5) is 11.4 Å². The molecule has 1 aliphatic heterocycles. The van der Waals surface area contributed by atoms with Crippen LogP contribution in [-0.2, 0) is 19.2 Å². The number of hydrogen-bond donors (Lipinski definition) is 2. The van der Waals surface area contributed by atoms with Crippen LogP contribution in [0.2, 0.25) is 0 Å². The van der Waals surface area contributed by atoms with Crippen molar-refractivity contribution in [3.8, 4) is 0 Å². The van der Waals surface area contributed by atoms with Gasteiger partial charge in [-0.15, -0.1) is 11.8 Å². The molecule has 1 heterocycles. The van der Waals surface area contributed by atoms with Crippen LogP contribution in [0.3, 0.4) is 0 Å². The molecule has 0 saturated carbocycles. The quantitative estimate of drug-likeness (QED) is 0.575. The molecule has 1 saturated heterocycles. The number of imide groups is 1. The first-order chi connectivity index (χ1) is 13.4. The number of carboxylic acids is 1. The molecule has 0 aliphatic carbocycles. The molecule has 28 heavy (non-hydrogen) atoms. The van der Waals surface area contributed by atoms with Gasteiger partial charge in [-0.2, -0.15) is 0 Å². The Morgan fingerprint density at radius 2 is 1.71 bits per heavy atom. The second kappa shape index (κ2) is 8.53. The molecule has 0 radical (unpaired) electrons. The number of nitrogens with one attached hydrogen (secondary N) is 1. The van der Waals surface area contributed by atoms with Gasteiger partial charge in [0.2, 0.25) is 17.7 Å². The van der Waals surface area contributed by atoms with Gasteiger partial charge in [-0.1, -0.05) is 18.2 Å². The Labute approximate surface area is 165 Å². The molecule has 1 atom stereocenters.